The van der Waals surface area contributed by atoms with Gasteiger partial charge >= 0.3 is 5.97 Å². The minimum absolute atomic E-state index is 0.0656. The summed E-state index contributed by atoms with van der Waals surface area (Å²) in [7, 11) is 0. The molecular formula is C20H25N3O4. The summed E-state index contributed by atoms with van der Waals surface area (Å²) in [6, 6.07) is 4.73. The highest BCUT2D eigenvalue weighted by Crippen LogP contribution is 2.17. The van der Waals surface area contributed by atoms with Crippen LogP contribution in [0.15, 0.2) is 23.0 Å². The fraction of sp³-hybridized carbons (Fsp3) is 0.500. The molecule has 2 heterocycles. The SMILES string of the molecule is CCCNC(=O)[C@@H](C)OC(=O)c1ccc2c(=O)n3c(nc2c1)CCCCC3. The van der Waals surface area contributed by atoms with Crippen molar-refractivity contribution < 1.29 is 14.3 Å². The Morgan fingerprint density at radius 2 is 2.11 bits per heavy atom. The fourth-order valence-electron chi connectivity index (χ4n) is 3.22. The van der Waals surface area contributed by atoms with E-state index in [0.29, 0.717) is 24.0 Å². The van der Waals surface area contributed by atoms with Gasteiger partial charge in [-0.1, -0.05) is 13.3 Å². The van der Waals surface area contributed by atoms with Crippen LogP contribution in [-0.4, -0.2) is 34.1 Å². The van der Waals surface area contributed by atoms with Gasteiger partial charge in [-0.3, -0.25) is 14.2 Å². The number of amides is 1. The highest BCUT2D eigenvalue weighted by molar-refractivity contribution is 5.95. The van der Waals surface area contributed by atoms with Crippen molar-refractivity contribution in [3.05, 3.63) is 39.9 Å². The topological polar surface area (TPSA) is 90.3 Å². The lowest BCUT2D eigenvalue weighted by Gasteiger charge is -2.14. The molecule has 2 aromatic rings. The van der Waals surface area contributed by atoms with Crippen LogP contribution in [0.25, 0.3) is 10.9 Å². The Labute approximate surface area is 157 Å². The number of aromatic nitrogens is 2. The molecule has 7 nitrogen and oxygen atoms in total. The van der Waals surface area contributed by atoms with Crippen LogP contribution in [0.2, 0.25) is 0 Å². The molecule has 0 spiro atoms. The summed E-state index contributed by atoms with van der Waals surface area (Å²) in [6.07, 6.45) is 3.74. The smallest absolute Gasteiger partial charge is 0.338 e. The van der Waals surface area contributed by atoms with Gasteiger partial charge in [0.05, 0.1) is 16.5 Å². The first-order chi connectivity index (χ1) is 13.0. The van der Waals surface area contributed by atoms with E-state index in [1.807, 2.05) is 6.92 Å². The van der Waals surface area contributed by atoms with Crippen molar-refractivity contribution in [2.24, 2.45) is 0 Å². The fourth-order valence-corrected chi connectivity index (χ4v) is 3.22. The predicted molar refractivity (Wildman–Crippen MR) is 102 cm³/mol. The molecule has 144 valence electrons. The molecular weight excluding hydrogens is 346 g/mol. The quantitative estimate of drug-likeness (QED) is 0.814. The number of hydrogen-bond donors (Lipinski definition) is 1. The van der Waals surface area contributed by atoms with E-state index in [-0.39, 0.29) is 17.0 Å². The average Bonchev–Trinajstić information content (AvgIpc) is 2.91. The predicted octanol–water partition coefficient (Wildman–Crippen LogP) is 2.19. The summed E-state index contributed by atoms with van der Waals surface area (Å²) in [6.45, 7) is 4.71. The van der Waals surface area contributed by atoms with Crippen LogP contribution in [0.1, 0.15) is 55.7 Å². The van der Waals surface area contributed by atoms with Crippen molar-refractivity contribution in [2.75, 3.05) is 6.54 Å². The zero-order chi connectivity index (χ0) is 19.4. The molecule has 1 amide bonds. The molecule has 0 fully saturated rings. The maximum atomic E-state index is 12.7. The maximum absolute atomic E-state index is 12.7. The highest BCUT2D eigenvalue weighted by Gasteiger charge is 2.20. The third-order valence-electron chi connectivity index (χ3n) is 4.75. The molecule has 0 radical (unpaired) electrons. The van der Waals surface area contributed by atoms with Gasteiger partial charge in [0.2, 0.25) is 0 Å². The lowest BCUT2D eigenvalue weighted by molar-refractivity contribution is -0.129. The first kappa shape index (κ1) is 19.1. The van der Waals surface area contributed by atoms with E-state index in [9.17, 15) is 14.4 Å². The van der Waals surface area contributed by atoms with Crippen molar-refractivity contribution in [3.63, 3.8) is 0 Å². The second-order valence-corrected chi connectivity index (χ2v) is 6.87. The lowest BCUT2D eigenvalue weighted by Crippen LogP contribution is -2.36. The summed E-state index contributed by atoms with van der Waals surface area (Å²) >= 11 is 0. The van der Waals surface area contributed by atoms with Crippen LogP contribution in [0.5, 0.6) is 0 Å². The van der Waals surface area contributed by atoms with Crippen molar-refractivity contribution in [1.29, 1.82) is 0 Å². The molecule has 1 aromatic carbocycles. The summed E-state index contributed by atoms with van der Waals surface area (Å²) in [4.78, 5) is 41.6. The Balaban J connectivity index is 1.85. The van der Waals surface area contributed by atoms with Gasteiger partial charge in [-0.2, -0.15) is 0 Å². The van der Waals surface area contributed by atoms with Crippen molar-refractivity contribution in [2.45, 2.75) is 58.6 Å². The molecule has 7 heteroatoms. The first-order valence-corrected chi connectivity index (χ1v) is 9.53. The van der Waals surface area contributed by atoms with E-state index < -0.39 is 12.1 Å². The summed E-state index contributed by atoms with van der Waals surface area (Å²) in [5.41, 5.74) is 0.706. The van der Waals surface area contributed by atoms with E-state index in [2.05, 4.69) is 10.3 Å². The number of rotatable bonds is 5. The number of carbonyl (C=O) groups is 2. The number of fused-ring (bicyclic) bond motifs is 2. The number of nitrogens with zero attached hydrogens (tertiary/aromatic N) is 2. The molecule has 0 saturated heterocycles. The molecule has 1 aromatic heterocycles. The van der Waals surface area contributed by atoms with Gasteiger partial charge in [-0.25, -0.2) is 9.78 Å². The summed E-state index contributed by atoms with van der Waals surface area (Å²) in [5, 5.41) is 3.19. The lowest BCUT2D eigenvalue weighted by atomic mass is 10.1. The number of benzene rings is 1. The largest absolute Gasteiger partial charge is 0.449 e. The van der Waals surface area contributed by atoms with Gasteiger partial charge in [0.15, 0.2) is 6.10 Å². The van der Waals surface area contributed by atoms with Crippen LogP contribution in [0.3, 0.4) is 0 Å². The molecule has 0 aliphatic carbocycles. The van der Waals surface area contributed by atoms with E-state index in [1.165, 1.54) is 6.92 Å². The number of ether oxygens (including phenoxy) is 1. The minimum Gasteiger partial charge on any atom is -0.449 e. The van der Waals surface area contributed by atoms with Gasteiger partial charge < -0.3 is 10.1 Å². The van der Waals surface area contributed by atoms with Crippen LogP contribution >= 0.6 is 0 Å². The van der Waals surface area contributed by atoms with Crippen LogP contribution in [0.4, 0.5) is 0 Å². The second kappa shape index (κ2) is 8.33. The van der Waals surface area contributed by atoms with Crippen LogP contribution in [0, 0.1) is 0 Å². The van der Waals surface area contributed by atoms with Crippen molar-refractivity contribution >= 4 is 22.8 Å². The third-order valence-corrected chi connectivity index (χ3v) is 4.75. The van der Waals surface area contributed by atoms with Crippen molar-refractivity contribution in [3.8, 4) is 0 Å². The van der Waals surface area contributed by atoms with E-state index in [1.54, 1.807) is 22.8 Å². The monoisotopic (exact) mass is 371 g/mol. The molecule has 0 unspecified atom stereocenters. The minimum atomic E-state index is -0.884. The Hall–Kier alpha value is -2.70. The summed E-state index contributed by atoms with van der Waals surface area (Å²) in [5.74, 6) is -0.164. The number of hydrogen-bond acceptors (Lipinski definition) is 5. The Bertz CT molecular complexity index is 919. The zero-order valence-corrected chi connectivity index (χ0v) is 15.8. The van der Waals surface area contributed by atoms with Crippen LogP contribution < -0.4 is 10.9 Å². The molecule has 27 heavy (non-hydrogen) atoms. The zero-order valence-electron chi connectivity index (χ0n) is 15.8. The van der Waals surface area contributed by atoms with E-state index >= 15 is 0 Å². The molecule has 1 aliphatic heterocycles. The number of carbonyl (C=O) groups excluding carboxylic acids is 2. The second-order valence-electron chi connectivity index (χ2n) is 6.87. The Morgan fingerprint density at radius 3 is 2.89 bits per heavy atom. The molecule has 0 bridgehead atoms. The van der Waals surface area contributed by atoms with Crippen molar-refractivity contribution in [1.82, 2.24) is 14.9 Å². The van der Waals surface area contributed by atoms with E-state index in [4.69, 9.17) is 4.74 Å². The number of esters is 1. The van der Waals surface area contributed by atoms with E-state index in [0.717, 1.165) is 37.9 Å². The number of nitrogens with one attached hydrogen (secondary N) is 1. The first-order valence-electron chi connectivity index (χ1n) is 9.53. The Morgan fingerprint density at radius 1 is 1.30 bits per heavy atom. The molecule has 1 aliphatic rings. The molecule has 0 saturated carbocycles. The van der Waals surface area contributed by atoms with Crippen LogP contribution in [-0.2, 0) is 22.5 Å². The Kier molecular flexibility index (Phi) is 5.88. The molecule has 1 atom stereocenters. The van der Waals surface area contributed by atoms with Gasteiger partial charge in [0.1, 0.15) is 5.82 Å². The van der Waals surface area contributed by atoms with Gasteiger partial charge in [0, 0.05) is 19.5 Å². The summed E-state index contributed by atoms with van der Waals surface area (Å²) < 4.78 is 6.99. The number of aryl methyl sites for hydroxylation is 1. The molecule has 3 rings (SSSR count). The average molecular weight is 371 g/mol. The maximum Gasteiger partial charge on any atom is 0.338 e. The highest BCUT2D eigenvalue weighted by atomic mass is 16.5. The third kappa shape index (κ3) is 4.18. The van der Waals surface area contributed by atoms with Gasteiger partial charge in [0.25, 0.3) is 11.5 Å². The molecule has 1 N–H and O–H groups in total. The standard InChI is InChI=1S/C20H25N3O4/c1-3-10-21-18(24)13(2)27-20(26)14-8-9-15-16(12-14)22-17-7-5-4-6-11-23(17)19(15)25/h8-9,12-13H,3-7,10-11H2,1-2H3,(H,21,24)/t13-/m1/s1. The van der Waals surface area contributed by atoms with Gasteiger partial charge in [-0.15, -0.1) is 0 Å². The normalized spacial score (nSPS) is 14.9. The van der Waals surface area contributed by atoms with Gasteiger partial charge in [-0.05, 0) is 44.4 Å².